The lowest BCUT2D eigenvalue weighted by Gasteiger charge is -2.32. The average molecular weight is 519 g/mol. The van der Waals surface area contributed by atoms with Gasteiger partial charge in [0, 0.05) is 30.1 Å². The van der Waals surface area contributed by atoms with E-state index in [9.17, 15) is 9.90 Å². The van der Waals surface area contributed by atoms with Crippen molar-refractivity contribution in [2.24, 2.45) is 5.92 Å². The Kier molecular flexibility index (Phi) is 8.04. The van der Waals surface area contributed by atoms with Gasteiger partial charge in [0.1, 0.15) is 28.9 Å². The first-order valence-electron chi connectivity index (χ1n) is 11.5. The summed E-state index contributed by atoms with van der Waals surface area (Å²) in [4.78, 5) is 20.9. The quantitative estimate of drug-likeness (QED) is 0.321. The van der Waals surface area contributed by atoms with Gasteiger partial charge in [-0.3, -0.25) is 0 Å². The number of halogens is 3. The maximum Gasteiger partial charge on any atom is 0.407 e. The fourth-order valence-electron chi connectivity index (χ4n) is 3.49. The Bertz CT molecular complexity index is 1320. The predicted molar refractivity (Wildman–Crippen MR) is 135 cm³/mol. The van der Waals surface area contributed by atoms with Gasteiger partial charge in [0.15, 0.2) is 0 Å². The first-order chi connectivity index (χ1) is 16.8. The van der Waals surface area contributed by atoms with Gasteiger partial charge in [-0.2, -0.15) is 19.6 Å². The minimum absolute atomic E-state index is 0.0268. The fourth-order valence-corrected chi connectivity index (χ4v) is 3.75. The highest BCUT2D eigenvalue weighted by Gasteiger charge is 2.26. The van der Waals surface area contributed by atoms with E-state index in [0.29, 0.717) is 0 Å². The van der Waals surface area contributed by atoms with Crippen molar-refractivity contribution in [3.05, 3.63) is 40.8 Å². The molecule has 2 heterocycles. The third-order valence-electron chi connectivity index (χ3n) is 5.77. The minimum atomic E-state index is -1.06. The number of nitrogens with one attached hydrogen (secondary N) is 1. The Balaban J connectivity index is 1.99. The monoisotopic (exact) mass is 518 g/mol. The van der Waals surface area contributed by atoms with E-state index in [-0.39, 0.29) is 58.4 Å². The molecule has 0 aliphatic rings. The molecule has 1 aromatic carbocycles. The molecule has 0 saturated heterocycles. The zero-order valence-corrected chi connectivity index (χ0v) is 21.8. The van der Waals surface area contributed by atoms with Crippen molar-refractivity contribution in [1.29, 1.82) is 0 Å². The molecule has 1 amide bonds. The van der Waals surface area contributed by atoms with Crippen LogP contribution < -0.4 is 5.32 Å². The minimum Gasteiger partial charge on any atom is -0.465 e. The fraction of sp³-hybridized carbons (Fsp3) is 0.440. The molecule has 36 heavy (non-hydrogen) atoms. The molecule has 0 bridgehead atoms. The Morgan fingerprint density at radius 2 is 1.86 bits per heavy atom. The number of rotatable bonds is 6. The van der Waals surface area contributed by atoms with Crippen LogP contribution >= 0.6 is 11.6 Å². The van der Waals surface area contributed by atoms with Crippen LogP contribution in [-0.2, 0) is 0 Å². The molecule has 11 heteroatoms. The van der Waals surface area contributed by atoms with E-state index in [1.165, 1.54) is 15.7 Å². The smallest absolute Gasteiger partial charge is 0.407 e. The summed E-state index contributed by atoms with van der Waals surface area (Å²) < 4.78 is 32.0. The lowest BCUT2D eigenvalue weighted by atomic mass is 10.0. The number of amides is 1. The van der Waals surface area contributed by atoms with Crippen molar-refractivity contribution in [2.45, 2.75) is 59.5 Å². The summed E-state index contributed by atoms with van der Waals surface area (Å²) in [6, 6.07) is 2.15. The number of carbonyl (C=O) groups is 1. The van der Waals surface area contributed by atoms with Gasteiger partial charge in [-0.1, -0.05) is 37.3 Å². The molecule has 2 aromatic heterocycles. The highest BCUT2D eigenvalue weighted by atomic mass is 35.5. The molecule has 8 nitrogen and oxygen atoms in total. The second-order valence-electron chi connectivity index (χ2n) is 9.75. The number of hydrogen-bond donors (Lipinski definition) is 2. The first kappa shape index (κ1) is 27.1. The van der Waals surface area contributed by atoms with Gasteiger partial charge in [0.25, 0.3) is 5.78 Å². The molecule has 0 saturated carbocycles. The molecule has 1 atom stereocenters. The number of anilines is 1. The van der Waals surface area contributed by atoms with Crippen molar-refractivity contribution in [3.63, 3.8) is 0 Å². The number of aromatic nitrogens is 4. The number of hydrogen-bond acceptors (Lipinski definition) is 5. The van der Waals surface area contributed by atoms with Crippen LogP contribution in [0.15, 0.2) is 18.5 Å². The lowest BCUT2D eigenvalue weighted by molar-refractivity contribution is 0.102. The molecular formula is C25H29ClF2N6O2. The van der Waals surface area contributed by atoms with E-state index < -0.39 is 23.3 Å². The van der Waals surface area contributed by atoms with Crippen LogP contribution in [0, 0.1) is 29.4 Å². The van der Waals surface area contributed by atoms with Gasteiger partial charge in [-0.05, 0) is 45.7 Å². The second kappa shape index (κ2) is 10.7. The highest BCUT2D eigenvalue weighted by molar-refractivity contribution is 6.33. The summed E-state index contributed by atoms with van der Waals surface area (Å²) in [6.07, 6.45) is 0.426. The van der Waals surface area contributed by atoms with Gasteiger partial charge in [-0.25, -0.2) is 13.6 Å². The first-order valence-corrected chi connectivity index (χ1v) is 11.8. The van der Waals surface area contributed by atoms with Gasteiger partial charge in [-0.15, -0.1) is 0 Å². The summed E-state index contributed by atoms with van der Waals surface area (Å²) in [5.41, 5.74) is -0.815. The SMILES string of the molecule is CC(C)[C@@H](C)Nc1c(-c2c(F)cc(C#CCCN(C(=O)O)C(C)(C)C)cc2F)c(Cl)nc2ncnn12. The zero-order chi connectivity index (χ0) is 26.8. The van der Waals surface area contributed by atoms with E-state index >= 15 is 8.78 Å². The van der Waals surface area contributed by atoms with Gasteiger partial charge in [0.2, 0.25) is 0 Å². The summed E-state index contributed by atoms with van der Waals surface area (Å²) in [5, 5.41) is 16.6. The third kappa shape index (κ3) is 5.85. The molecule has 0 aliphatic heterocycles. The van der Waals surface area contributed by atoms with Crippen LogP contribution in [0.4, 0.5) is 19.4 Å². The zero-order valence-electron chi connectivity index (χ0n) is 21.0. The van der Waals surface area contributed by atoms with E-state index in [1.54, 1.807) is 20.8 Å². The summed E-state index contributed by atoms with van der Waals surface area (Å²) in [5.74, 6) is 4.43. The van der Waals surface area contributed by atoms with E-state index in [0.717, 1.165) is 12.1 Å². The standard InChI is InChI=1S/C25H29ClF2N6O2/c1-14(2)15(3)31-22-20(21(26)32-23-29-13-30-34(22)23)19-17(27)11-16(12-18(19)28)9-7-8-10-33(24(35)36)25(4,5)6/h11-15,31H,8,10H2,1-6H3,(H,35,36)/t15-/m1/s1. The molecule has 0 unspecified atom stereocenters. The third-order valence-corrected chi connectivity index (χ3v) is 6.05. The van der Waals surface area contributed by atoms with Gasteiger partial charge < -0.3 is 15.3 Å². The molecule has 0 spiro atoms. The Morgan fingerprint density at radius 1 is 1.22 bits per heavy atom. The van der Waals surface area contributed by atoms with Crippen LogP contribution in [0.5, 0.6) is 0 Å². The van der Waals surface area contributed by atoms with E-state index in [1.807, 2.05) is 20.8 Å². The molecule has 3 aromatic rings. The van der Waals surface area contributed by atoms with Crippen LogP contribution in [-0.4, -0.2) is 53.8 Å². The molecule has 2 N–H and O–H groups in total. The van der Waals surface area contributed by atoms with Gasteiger partial charge >= 0.3 is 6.09 Å². The van der Waals surface area contributed by atoms with Crippen molar-refractivity contribution < 1.29 is 18.7 Å². The Labute approximate surface area is 213 Å². The molecule has 192 valence electrons. The van der Waals surface area contributed by atoms with Crippen LogP contribution in [0.3, 0.4) is 0 Å². The predicted octanol–water partition coefficient (Wildman–Crippen LogP) is 5.70. The number of carboxylic acid groups (broad SMARTS) is 1. The largest absolute Gasteiger partial charge is 0.465 e. The van der Waals surface area contributed by atoms with Crippen LogP contribution in [0.2, 0.25) is 5.15 Å². The molecule has 3 rings (SSSR count). The van der Waals surface area contributed by atoms with Crippen molar-refractivity contribution in [3.8, 4) is 23.0 Å². The molecular weight excluding hydrogens is 490 g/mol. The summed E-state index contributed by atoms with van der Waals surface area (Å²) >= 11 is 6.39. The average Bonchev–Trinajstić information content (AvgIpc) is 3.21. The van der Waals surface area contributed by atoms with Crippen LogP contribution in [0.25, 0.3) is 16.9 Å². The van der Waals surface area contributed by atoms with E-state index in [2.05, 4.69) is 32.2 Å². The summed E-state index contributed by atoms with van der Waals surface area (Å²) in [6.45, 7) is 11.4. The van der Waals surface area contributed by atoms with Gasteiger partial charge in [0.05, 0.1) is 11.1 Å². The Hall–Kier alpha value is -3.45. The number of benzene rings is 1. The Morgan fingerprint density at radius 3 is 2.42 bits per heavy atom. The second-order valence-corrected chi connectivity index (χ2v) is 10.1. The molecule has 0 aliphatic carbocycles. The lowest BCUT2D eigenvalue weighted by Crippen LogP contribution is -2.45. The maximum absolute atomic E-state index is 15.3. The molecule has 0 fully saturated rings. The normalized spacial score (nSPS) is 12.4. The van der Waals surface area contributed by atoms with E-state index in [4.69, 9.17) is 11.6 Å². The molecule has 0 radical (unpaired) electrons. The van der Waals surface area contributed by atoms with Crippen molar-refractivity contribution in [1.82, 2.24) is 24.5 Å². The number of nitrogens with zero attached hydrogens (tertiary/aromatic N) is 5. The topological polar surface area (TPSA) is 95.7 Å². The summed E-state index contributed by atoms with van der Waals surface area (Å²) in [7, 11) is 0. The number of fused-ring (bicyclic) bond motifs is 1. The van der Waals surface area contributed by atoms with Crippen LogP contribution in [0.1, 0.15) is 53.5 Å². The van der Waals surface area contributed by atoms with Crippen molar-refractivity contribution >= 4 is 29.3 Å². The highest BCUT2D eigenvalue weighted by Crippen LogP contribution is 2.38. The maximum atomic E-state index is 15.3. The van der Waals surface area contributed by atoms with Crippen molar-refractivity contribution in [2.75, 3.05) is 11.9 Å².